The van der Waals surface area contributed by atoms with Gasteiger partial charge in [0.2, 0.25) is 0 Å². The SMILES string of the molecule is CSCC(C)(O)CNc1cc(C)c(N)c(C(=O)O)c1. The van der Waals surface area contributed by atoms with E-state index in [1.54, 1.807) is 31.7 Å². The first-order valence-corrected chi connectivity index (χ1v) is 7.25. The summed E-state index contributed by atoms with van der Waals surface area (Å²) >= 11 is 1.55. The third-order valence-corrected chi connectivity index (χ3v) is 3.66. The molecule has 0 radical (unpaired) electrons. The van der Waals surface area contributed by atoms with E-state index < -0.39 is 11.6 Å². The quantitative estimate of drug-likeness (QED) is 0.595. The highest BCUT2D eigenvalue weighted by Crippen LogP contribution is 2.23. The number of aromatic carboxylic acids is 1. The van der Waals surface area contributed by atoms with Gasteiger partial charge in [0, 0.05) is 23.7 Å². The second-order valence-corrected chi connectivity index (χ2v) is 5.71. The van der Waals surface area contributed by atoms with Crippen molar-refractivity contribution < 1.29 is 15.0 Å². The Morgan fingerprint density at radius 1 is 1.53 bits per heavy atom. The summed E-state index contributed by atoms with van der Waals surface area (Å²) in [5, 5.41) is 22.2. The number of carboxylic acid groups (broad SMARTS) is 1. The number of rotatable bonds is 6. The summed E-state index contributed by atoms with van der Waals surface area (Å²) in [7, 11) is 0. The number of benzene rings is 1. The Morgan fingerprint density at radius 2 is 2.16 bits per heavy atom. The van der Waals surface area contributed by atoms with Crippen molar-refractivity contribution in [3.63, 3.8) is 0 Å². The van der Waals surface area contributed by atoms with Gasteiger partial charge in [-0.05, 0) is 37.8 Å². The highest BCUT2D eigenvalue weighted by Gasteiger charge is 2.20. The molecule has 6 heteroatoms. The number of aryl methyl sites for hydroxylation is 1. The number of nitrogens with one attached hydrogen (secondary N) is 1. The smallest absolute Gasteiger partial charge is 0.337 e. The van der Waals surface area contributed by atoms with Crippen molar-refractivity contribution in [1.29, 1.82) is 0 Å². The van der Waals surface area contributed by atoms with Crippen LogP contribution in [0.3, 0.4) is 0 Å². The van der Waals surface area contributed by atoms with Crippen LogP contribution in [0.15, 0.2) is 12.1 Å². The van der Waals surface area contributed by atoms with Crippen molar-refractivity contribution in [2.24, 2.45) is 0 Å². The third kappa shape index (κ3) is 4.33. The van der Waals surface area contributed by atoms with Crippen molar-refractivity contribution in [3.8, 4) is 0 Å². The molecular formula is C13H20N2O3S. The fraction of sp³-hybridized carbons (Fsp3) is 0.462. The number of thioether (sulfide) groups is 1. The minimum absolute atomic E-state index is 0.0759. The molecule has 0 aliphatic carbocycles. The summed E-state index contributed by atoms with van der Waals surface area (Å²) in [5.41, 5.74) is 6.56. The Labute approximate surface area is 117 Å². The van der Waals surface area contributed by atoms with E-state index in [2.05, 4.69) is 5.32 Å². The Hall–Kier alpha value is -1.40. The second-order valence-electron chi connectivity index (χ2n) is 4.84. The summed E-state index contributed by atoms with van der Waals surface area (Å²) in [4.78, 5) is 11.1. The third-order valence-electron chi connectivity index (χ3n) is 2.75. The molecule has 0 aromatic heterocycles. The normalized spacial score (nSPS) is 13.9. The van der Waals surface area contributed by atoms with Gasteiger partial charge in [-0.1, -0.05) is 0 Å². The predicted molar refractivity (Wildman–Crippen MR) is 80.0 cm³/mol. The van der Waals surface area contributed by atoms with Crippen LogP contribution in [0.1, 0.15) is 22.8 Å². The lowest BCUT2D eigenvalue weighted by atomic mass is 10.1. The zero-order valence-corrected chi connectivity index (χ0v) is 12.2. The molecule has 1 unspecified atom stereocenters. The zero-order chi connectivity index (χ0) is 14.6. The summed E-state index contributed by atoms with van der Waals surface area (Å²) < 4.78 is 0. The van der Waals surface area contributed by atoms with Gasteiger partial charge in [-0.15, -0.1) is 0 Å². The van der Waals surface area contributed by atoms with Gasteiger partial charge < -0.3 is 21.3 Å². The van der Waals surface area contributed by atoms with Gasteiger partial charge >= 0.3 is 5.97 Å². The van der Waals surface area contributed by atoms with Crippen LogP contribution in [0.25, 0.3) is 0 Å². The van der Waals surface area contributed by atoms with Crippen molar-refractivity contribution in [2.45, 2.75) is 19.4 Å². The summed E-state index contributed by atoms with van der Waals surface area (Å²) in [6.45, 7) is 3.84. The van der Waals surface area contributed by atoms with Crippen molar-refractivity contribution in [1.82, 2.24) is 0 Å². The van der Waals surface area contributed by atoms with Crippen LogP contribution in [-0.2, 0) is 0 Å². The molecule has 0 bridgehead atoms. The average Bonchev–Trinajstić information content (AvgIpc) is 2.30. The minimum Gasteiger partial charge on any atom is -0.478 e. The van der Waals surface area contributed by atoms with E-state index in [9.17, 15) is 9.90 Å². The maximum atomic E-state index is 11.1. The lowest BCUT2D eigenvalue weighted by Gasteiger charge is -2.23. The molecule has 0 aliphatic rings. The van der Waals surface area contributed by atoms with E-state index in [-0.39, 0.29) is 11.3 Å². The highest BCUT2D eigenvalue weighted by atomic mass is 32.2. The van der Waals surface area contributed by atoms with E-state index in [0.29, 0.717) is 23.5 Å². The molecule has 0 fully saturated rings. The molecule has 0 spiro atoms. The van der Waals surface area contributed by atoms with Gasteiger partial charge in [-0.2, -0.15) is 11.8 Å². The predicted octanol–water partition coefficient (Wildman–Crippen LogP) is 1.80. The molecule has 0 saturated carbocycles. The molecule has 1 atom stereocenters. The molecule has 1 aromatic carbocycles. The summed E-state index contributed by atoms with van der Waals surface area (Å²) in [5.74, 6) is -0.458. The van der Waals surface area contributed by atoms with Gasteiger partial charge in [0.05, 0.1) is 11.2 Å². The molecule has 5 N–H and O–H groups in total. The van der Waals surface area contributed by atoms with Crippen LogP contribution in [0, 0.1) is 6.92 Å². The molecule has 0 aliphatic heterocycles. The molecule has 0 saturated heterocycles. The highest BCUT2D eigenvalue weighted by molar-refractivity contribution is 7.98. The number of aliphatic hydroxyl groups is 1. The van der Waals surface area contributed by atoms with Gasteiger partial charge in [-0.3, -0.25) is 0 Å². The van der Waals surface area contributed by atoms with Crippen molar-refractivity contribution in [2.75, 3.05) is 29.6 Å². The van der Waals surface area contributed by atoms with Gasteiger partial charge in [0.1, 0.15) is 0 Å². The van der Waals surface area contributed by atoms with Crippen LogP contribution in [0.5, 0.6) is 0 Å². The van der Waals surface area contributed by atoms with E-state index >= 15 is 0 Å². The number of nitrogens with two attached hydrogens (primary N) is 1. The first kappa shape index (κ1) is 15.7. The molecular weight excluding hydrogens is 264 g/mol. The topological polar surface area (TPSA) is 95.6 Å². The molecule has 5 nitrogen and oxygen atoms in total. The maximum absolute atomic E-state index is 11.1. The Kier molecular flexibility index (Phi) is 5.08. The molecule has 106 valence electrons. The van der Waals surface area contributed by atoms with Crippen LogP contribution < -0.4 is 11.1 Å². The minimum atomic E-state index is -1.06. The summed E-state index contributed by atoms with van der Waals surface area (Å²) in [6, 6.07) is 3.26. The van der Waals surface area contributed by atoms with Crippen LogP contribution in [0.2, 0.25) is 0 Å². The van der Waals surface area contributed by atoms with Crippen molar-refractivity contribution >= 4 is 29.1 Å². The van der Waals surface area contributed by atoms with Gasteiger partial charge in [0.15, 0.2) is 0 Å². The number of carbonyl (C=O) groups is 1. The molecule has 0 amide bonds. The number of nitrogen functional groups attached to an aromatic ring is 1. The van der Waals surface area contributed by atoms with Crippen LogP contribution >= 0.6 is 11.8 Å². The number of hydrogen-bond acceptors (Lipinski definition) is 5. The van der Waals surface area contributed by atoms with Gasteiger partial charge in [0.25, 0.3) is 0 Å². The molecule has 19 heavy (non-hydrogen) atoms. The number of carboxylic acids is 1. The molecule has 1 rings (SSSR count). The van der Waals surface area contributed by atoms with Crippen molar-refractivity contribution in [3.05, 3.63) is 23.3 Å². The van der Waals surface area contributed by atoms with E-state index in [1.165, 1.54) is 6.07 Å². The van der Waals surface area contributed by atoms with Gasteiger partial charge in [-0.25, -0.2) is 4.79 Å². The average molecular weight is 284 g/mol. The largest absolute Gasteiger partial charge is 0.478 e. The van der Waals surface area contributed by atoms with E-state index in [4.69, 9.17) is 10.8 Å². The standard InChI is InChI=1S/C13H20N2O3S/c1-8-4-9(5-10(11(8)14)12(16)17)15-6-13(2,18)7-19-3/h4-5,15,18H,6-7,14H2,1-3H3,(H,16,17). The van der Waals surface area contributed by atoms with Crippen LogP contribution in [0.4, 0.5) is 11.4 Å². The van der Waals surface area contributed by atoms with E-state index in [0.717, 1.165) is 0 Å². The fourth-order valence-corrected chi connectivity index (χ4v) is 2.46. The van der Waals surface area contributed by atoms with E-state index in [1.807, 2.05) is 6.26 Å². The number of hydrogen-bond donors (Lipinski definition) is 4. The zero-order valence-electron chi connectivity index (χ0n) is 11.4. The van der Waals surface area contributed by atoms with Crippen LogP contribution in [-0.4, -0.2) is 40.3 Å². The first-order chi connectivity index (χ1) is 8.76. The maximum Gasteiger partial charge on any atom is 0.337 e. The fourth-order valence-electron chi connectivity index (χ4n) is 1.73. The molecule has 1 aromatic rings. The monoisotopic (exact) mass is 284 g/mol. The number of anilines is 2. The Morgan fingerprint density at radius 3 is 2.68 bits per heavy atom. The lowest BCUT2D eigenvalue weighted by Crippen LogP contribution is -2.36. The first-order valence-electron chi connectivity index (χ1n) is 5.85. The summed E-state index contributed by atoms with van der Waals surface area (Å²) in [6.07, 6.45) is 1.92. The Balaban J connectivity index is 2.88. The Bertz CT molecular complexity index is 475. The lowest BCUT2D eigenvalue weighted by molar-refractivity contribution is 0.0698. The molecule has 0 heterocycles. The second kappa shape index (κ2) is 6.16.